The van der Waals surface area contributed by atoms with Gasteiger partial charge in [0.15, 0.2) is 0 Å². The molecule has 3 rings (SSSR count). The monoisotopic (exact) mass is 401 g/mol. The van der Waals surface area contributed by atoms with Gasteiger partial charge in [0, 0.05) is 12.1 Å². The Morgan fingerprint density at radius 1 is 1.18 bits per heavy atom. The van der Waals surface area contributed by atoms with Crippen LogP contribution in [0.25, 0.3) is 0 Å². The highest BCUT2D eigenvalue weighted by molar-refractivity contribution is 7.90. The number of fused-ring (bicyclic) bond motifs is 1. The van der Waals surface area contributed by atoms with Crippen LogP contribution in [0.1, 0.15) is 34.1 Å². The number of hydrogen-bond donors (Lipinski definition) is 1. The number of hydrogen-bond acceptors (Lipinski definition) is 6. The number of sulfonamides is 1. The first-order valence-corrected chi connectivity index (χ1v) is 10.0. The minimum atomic E-state index is -3.87. The molecule has 0 saturated carbocycles. The quantitative estimate of drug-likeness (QED) is 0.773. The van der Waals surface area contributed by atoms with Gasteiger partial charge in [0.05, 0.1) is 24.0 Å². The molecule has 0 atom stereocenters. The van der Waals surface area contributed by atoms with Gasteiger partial charge in [0.2, 0.25) is 0 Å². The molecule has 28 heavy (non-hydrogen) atoms. The fourth-order valence-electron chi connectivity index (χ4n) is 2.83. The molecule has 0 radical (unpaired) electrons. The minimum Gasteiger partial charge on any atom is -0.465 e. The number of esters is 1. The third-order valence-corrected chi connectivity index (χ3v) is 5.43. The van der Waals surface area contributed by atoms with Crippen molar-refractivity contribution in [2.75, 3.05) is 23.9 Å². The van der Waals surface area contributed by atoms with Crippen molar-refractivity contribution in [2.45, 2.75) is 18.2 Å². The Labute approximate surface area is 162 Å². The molecule has 0 fully saturated rings. The van der Waals surface area contributed by atoms with Crippen molar-refractivity contribution in [3.05, 3.63) is 53.6 Å². The number of rotatable bonds is 5. The van der Waals surface area contributed by atoms with E-state index in [0.29, 0.717) is 12.2 Å². The van der Waals surface area contributed by atoms with Crippen LogP contribution in [0.2, 0.25) is 0 Å². The predicted octanol–water partition coefficient (Wildman–Crippen LogP) is 2.67. The Morgan fingerprint density at radius 2 is 1.93 bits per heavy atom. The molecule has 1 aliphatic rings. The number of para-hydroxylation sites is 1. The number of anilines is 2. The molecule has 2 aromatic rings. The molecule has 1 aliphatic heterocycles. The van der Waals surface area contributed by atoms with Crippen LogP contribution in [0, 0.1) is 0 Å². The maximum atomic E-state index is 12.7. The zero-order valence-electron chi connectivity index (χ0n) is 15.4. The molecule has 0 unspecified atom stereocenters. The fourth-order valence-corrected chi connectivity index (χ4v) is 3.91. The standard InChI is InChI=1S/C19H19N3O5S/c1-3-10-22-12-20-28(25,26)17-11-13(8-9-16(17)22)18(23)21-15-7-5-4-6-14(15)19(24)27-2/h4-9,11-12H,3,10H2,1-2H3,(H,21,23). The summed E-state index contributed by atoms with van der Waals surface area (Å²) in [5.74, 6) is -1.14. The minimum absolute atomic E-state index is 0.0302. The molecule has 1 heterocycles. The molecule has 1 N–H and O–H groups in total. The van der Waals surface area contributed by atoms with Crippen molar-refractivity contribution >= 4 is 39.6 Å². The van der Waals surface area contributed by atoms with Gasteiger partial charge < -0.3 is 15.0 Å². The Hall–Kier alpha value is -3.20. The lowest BCUT2D eigenvalue weighted by Crippen LogP contribution is -2.28. The number of methoxy groups -OCH3 is 1. The summed E-state index contributed by atoms with van der Waals surface area (Å²) in [7, 11) is -2.63. The second kappa shape index (κ2) is 7.81. The van der Waals surface area contributed by atoms with Crippen LogP contribution in [-0.2, 0) is 14.8 Å². The fraction of sp³-hybridized carbons (Fsp3) is 0.211. The summed E-state index contributed by atoms with van der Waals surface area (Å²) in [5.41, 5.74) is 1.08. The molecule has 0 bridgehead atoms. The first-order valence-electron chi connectivity index (χ1n) is 8.57. The molecule has 2 aromatic carbocycles. The van der Waals surface area contributed by atoms with Crippen LogP contribution < -0.4 is 10.2 Å². The van der Waals surface area contributed by atoms with Gasteiger partial charge in [-0.25, -0.2) is 4.79 Å². The molecule has 146 valence electrons. The largest absolute Gasteiger partial charge is 0.465 e. The molecule has 9 heteroatoms. The number of ether oxygens (including phenoxy) is 1. The van der Waals surface area contributed by atoms with Gasteiger partial charge in [0.25, 0.3) is 15.9 Å². The SMILES string of the molecule is CCCN1C=NS(=O)(=O)c2cc(C(=O)Nc3ccccc3C(=O)OC)ccc21. The number of nitrogens with one attached hydrogen (secondary N) is 1. The van der Waals surface area contributed by atoms with Crippen LogP contribution in [-0.4, -0.2) is 40.3 Å². The molecular formula is C19H19N3O5S. The number of benzene rings is 2. The predicted molar refractivity (Wildman–Crippen MR) is 105 cm³/mol. The third kappa shape index (κ3) is 3.74. The maximum absolute atomic E-state index is 12.7. The van der Waals surface area contributed by atoms with Crippen molar-refractivity contribution in [3.63, 3.8) is 0 Å². The lowest BCUT2D eigenvalue weighted by molar-refractivity contribution is 0.0602. The van der Waals surface area contributed by atoms with E-state index in [2.05, 4.69) is 9.71 Å². The summed E-state index contributed by atoms with van der Waals surface area (Å²) in [6.45, 7) is 2.57. The summed E-state index contributed by atoms with van der Waals surface area (Å²) in [4.78, 5) is 26.2. The number of carbonyl (C=O) groups is 2. The molecule has 0 aromatic heterocycles. The van der Waals surface area contributed by atoms with Gasteiger partial charge in [-0.15, -0.1) is 4.40 Å². The van der Waals surface area contributed by atoms with Crippen LogP contribution in [0.4, 0.5) is 11.4 Å². The Morgan fingerprint density at radius 3 is 2.64 bits per heavy atom. The summed E-state index contributed by atoms with van der Waals surface area (Å²) in [5, 5.41) is 2.63. The average molecular weight is 401 g/mol. The Balaban J connectivity index is 1.95. The highest BCUT2D eigenvalue weighted by Crippen LogP contribution is 2.31. The van der Waals surface area contributed by atoms with Crippen molar-refractivity contribution in [3.8, 4) is 0 Å². The topological polar surface area (TPSA) is 105 Å². The van der Waals surface area contributed by atoms with Crippen molar-refractivity contribution < 1.29 is 22.7 Å². The second-order valence-electron chi connectivity index (χ2n) is 6.06. The first-order chi connectivity index (χ1) is 13.4. The maximum Gasteiger partial charge on any atom is 0.339 e. The van der Waals surface area contributed by atoms with Gasteiger partial charge in [-0.05, 0) is 36.8 Å². The van der Waals surface area contributed by atoms with E-state index in [1.165, 1.54) is 31.6 Å². The van der Waals surface area contributed by atoms with Crippen LogP contribution >= 0.6 is 0 Å². The van der Waals surface area contributed by atoms with Gasteiger partial charge in [-0.3, -0.25) is 4.79 Å². The molecule has 0 spiro atoms. The van der Waals surface area contributed by atoms with Gasteiger partial charge in [-0.1, -0.05) is 19.1 Å². The highest BCUT2D eigenvalue weighted by Gasteiger charge is 2.26. The molecule has 0 saturated heterocycles. The lowest BCUT2D eigenvalue weighted by atomic mass is 10.1. The number of nitrogens with zero attached hydrogens (tertiary/aromatic N) is 2. The van der Waals surface area contributed by atoms with E-state index >= 15 is 0 Å². The average Bonchev–Trinajstić information content (AvgIpc) is 2.70. The molecular weight excluding hydrogens is 382 g/mol. The van der Waals surface area contributed by atoms with E-state index < -0.39 is 21.9 Å². The highest BCUT2D eigenvalue weighted by atomic mass is 32.2. The Kier molecular flexibility index (Phi) is 5.46. The number of carbonyl (C=O) groups excluding carboxylic acids is 2. The van der Waals surface area contributed by atoms with Crippen molar-refractivity contribution in [2.24, 2.45) is 4.40 Å². The van der Waals surface area contributed by atoms with Crippen molar-refractivity contribution in [1.29, 1.82) is 0 Å². The summed E-state index contributed by atoms with van der Waals surface area (Å²) >= 11 is 0. The second-order valence-corrected chi connectivity index (χ2v) is 7.66. The lowest BCUT2D eigenvalue weighted by Gasteiger charge is -2.25. The summed E-state index contributed by atoms with van der Waals surface area (Å²) in [6, 6.07) is 10.8. The van der Waals surface area contributed by atoms with E-state index in [1.54, 1.807) is 29.2 Å². The molecule has 0 aliphatic carbocycles. The molecule has 8 nitrogen and oxygen atoms in total. The summed E-state index contributed by atoms with van der Waals surface area (Å²) < 4.78 is 33.0. The zero-order valence-corrected chi connectivity index (χ0v) is 16.2. The smallest absolute Gasteiger partial charge is 0.339 e. The molecule has 1 amide bonds. The van der Waals surface area contributed by atoms with E-state index in [4.69, 9.17) is 4.74 Å². The van der Waals surface area contributed by atoms with E-state index in [1.807, 2.05) is 6.92 Å². The van der Waals surface area contributed by atoms with E-state index in [-0.39, 0.29) is 21.7 Å². The van der Waals surface area contributed by atoms with Gasteiger partial charge >= 0.3 is 5.97 Å². The number of amides is 1. The first kappa shape index (κ1) is 19.6. The zero-order chi connectivity index (χ0) is 20.3. The van der Waals surface area contributed by atoms with Crippen molar-refractivity contribution in [1.82, 2.24) is 0 Å². The van der Waals surface area contributed by atoms with Crippen LogP contribution in [0.5, 0.6) is 0 Å². The Bertz CT molecular complexity index is 1060. The van der Waals surface area contributed by atoms with E-state index in [0.717, 1.165) is 6.42 Å². The summed E-state index contributed by atoms with van der Waals surface area (Å²) in [6.07, 6.45) is 2.09. The van der Waals surface area contributed by atoms with Crippen LogP contribution in [0.3, 0.4) is 0 Å². The van der Waals surface area contributed by atoms with Crippen LogP contribution in [0.15, 0.2) is 51.8 Å². The third-order valence-electron chi connectivity index (χ3n) is 4.18. The van der Waals surface area contributed by atoms with Gasteiger partial charge in [-0.2, -0.15) is 8.42 Å². The van der Waals surface area contributed by atoms with E-state index in [9.17, 15) is 18.0 Å². The normalized spacial score (nSPS) is 14.3. The van der Waals surface area contributed by atoms with Gasteiger partial charge in [0.1, 0.15) is 11.2 Å².